The van der Waals surface area contributed by atoms with Crippen LogP contribution >= 0.6 is 11.3 Å². The molecule has 1 aromatic rings. The van der Waals surface area contributed by atoms with E-state index in [1.165, 1.54) is 11.3 Å². The van der Waals surface area contributed by atoms with Crippen molar-refractivity contribution in [1.29, 1.82) is 0 Å². The molecule has 0 saturated heterocycles. The quantitative estimate of drug-likeness (QED) is 0.765. The molecule has 1 aromatic heterocycles. The van der Waals surface area contributed by atoms with Crippen molar-refractivity contribution in [2.75, 3.05) is 6.54 Å². The second kappa shape index (κ2) is 4.39. The SMILES string of the molecule is Cc1ccc(C(=O)NCC(C)N)s1. The predicted molar refractivity (Wildman–Crippen MR) is 55.0 cm³/mol. The maximum atomic E-state index is 11.4. The van der Waals surface area contributed by atoms with E-state index in [4.69, 9.17) is 5.73 Å². The highest BCUT2D eigenvalue weighted by atomic mass is 32.1. The van der Waals surface area contributed by atoms with Gasteiger partial charge < -0.3 is 11.1 Å². The zero-order chi connectivity index (χ0) is 9.84. The van der Waals surface area contributed by atoms with Crippen LogP contribution in [0.15, 0.2) is 12.1 Å². The average Bonchev–Trinajstić information content (AvgIpc) is 2.47. The molecule has 13 heavy (non-hydrogen) atoms. The molecule has 1 amide bonds. The Morgan fingerprint density at radius 3 is 2.85 bits per heavy atom. The topological polar surface area (TPSA) is 55.1 Å². The van der Waals surface area contributed by atoms with Crippen LogP contribution in [0.25, 0.3) is 0 Å². The number of carbonyl (C=O) groups excluding carboxylic acids is 1. The van der Waals surface area contributed by atoms with Crippen molar-refractivity contribution in [3.63, 3.8) is 0 Å². The van der Waals surface area contributed by atoms with Crippen molar-refractivity contribution in [2.24, 2.45) is 5.73 Å². The molecule has 4 heteroatoms. The van der Waals surface area contributed by atoms with Crippen LogP contribution in [0.4, 0.5) is 0 Å². The van der Waals surface area contributed by atoms with Gasteiger partial charge in [0.1, 0.15) is 0 Å². The molecule has 0 spiro atoms. The lowest BCUT2D eigenvalue weighted by Crippen LogP contribution is -2.34. The number of nitrogens with two attached hydrogens (primary N) is 1. The Kier molecular flexibility index (Phi) is 3.45. The summed E-state index contributed by atoms with van der Waals surface area (Å²) in [6.07, 6.45) is 0. The van der Waals surface area contributed by atoms with Crippen LogP contribution in [-0.4, -0.2) is 18.5 Å². The van der Waals surface area contributed by atoms with Gasteiger partial charge in [0.25, 0.3) is 5.91 Å². The monoisotopic (exact) mass is 198 g/mol. The van der Waals surface area contributed by atoms with E-state index >= 15 is 0 Å². The molecule has 1 atom stereocenters. The number of aryl methyl sites for hydroxylation is 1. The second-order valence-electron chi connectivity index (χ2n) is 3.10. The number of thiophene rings is 1. The Morgan fingerprint density at radius 2 is 2.38 bits per heavy atom. The Bertz CT molecular complexity index is 294. The highest BCUT2D eigenvalue weighted by Crippen LogP contribution is 2.14. The van der Waals surface area contributed by atoms with Gasteiger partial charge in [-0.05, 0) is 26.0 Å². The number of nitrogens with one attached hydrogen (secondary N) is 1. The summed E-state index contributed by atoms with van der Waals surface area (Å²) in [5.74, 6) is -0.0320. The van der Waals surface area contributed by atoms with E-state index in [1.54, 1.807) is 0 Å². The molecule has 0 aliphatic heterocycles. The lowest BCUT2D eigenvalue weighted by Gasteiger charge is -2.05. The van der Waals surface area contributed by atoms with Crippen molar-refractivity contribution in [1.82, 2.24) is 5.32 Å². The van der Waals surface area contributed by atoms with Gasteiger partial charge in [0.05, 0.1) is 4.88 Å². The van der Waals surface area contributed by atoms with Crippen molar-refractivity contribution in [3.05, 3.63) is 21.9 Å². The lowest BCUT2D eigenvalue weighted by molar-refractivity contribution is 0.0956. The first-order valence-electron chi connectivity index (χ1n) is 4.20. The molecule has 3 nitrogen and oxygen atoms in total. The number of amides is 1. The molecule has 0 radical (unpaired) electrons. The molecular formula is C9H14N2OS. The normalized spacial score (nSPS) is 12.5. The molecule has 0 bridgehead atoms. The second-order valence-corrected chi connectivity index (χ2v) is 4.39. The first-order valence-corrected chi connectivity index (χ1v) is 5.01. The van der Waals surface area contributed by atoms with Crippen molar-refractivity contribution < 1.29 is 4.79 Å². The van der Waals surface area contributed by atoms with Crippen molar-refractivity contribution >= 4 is 17.2 Å². The predicted octanol–water partition coefficient (Wildman–Crippen LogP) is 1.13. The van der Waals surface area contributed by atoms with Gasteiger partial charge in [0.2, 0.25) is 0 Å². The summed E-state index contributed by atoms with van der Waals surface area (Å²) in [7, 11) is 0. The maximum Gasteiger partial charge on any atom is 0.261 e. The molecular weight excluding hydrogens is 184 g/mol. The minimum absolute atomic E-state index is 0.00464. The highest BCUT2D eigenvalue weighted by molar-refractivity contribution is 7.13. The van der Waals surface area contributed by atoms with Crippen LogP contribution < -0.4 is 11.1 Å². The third-order valence-corrected chi connectivity index (χ3v) is 2.55. The standard InChI is InChI=1S/C9H14N2OS/c1-6(10)5-11-9(12)8-4-3-7(2)13-8/h3-4,6H,5,10H2,1-2H3,(H,11,12). The smallest absolute Gasteiger partial charge is 0.261 e. The highest BCUT2D eigenvalue weighted by Gasteiger charge is 2.07. The fourth-order valence-corrected chi connectivity index (χ4v) is 1.68. The Balaban J connectivity index is 2.49. The fraction of sp³-hybridized carbons (Fsp3) is 0.444. The number of hydrogen-bond donors (Lipinski definition) is 2. The van der Waals surface area contributed by atoms with E-state index in [0.717, 1.165) is 9.75 Å². The first-order chi connectivity index (χ1) is 6.09. The van der Waals surface area contributed by atoms with E-state index in [0.29, 0.717) is 6.54 Å². The summed E-state index contributed by atoms with van der Waals surface area (Å²) in [5.41, 5.74) is 5.51. The molecule has 72 valence electrons. The zero-order valence-corrected chi connectivity index (χ0v) is 8.65. The van der Waals surface area contributed by atoms with Crippen LogP contribution in [0, 0.1) is 6.92 Å². The van der Waals surface area contributed by atoms with Crippen LogP contribution in [0.5, 0.6) is 0 Å². The molecule has 1 unspecified atom stereocenters. The Hall–Kier alpha value is -0.870. The Morgan fingerprint density at radius 1 is 1.69 bits per heavy atom. The van der Waals surface area contributed by atoms with Gasteiger partial charge in [0.15, 0.2) is 0 Å². The van der Waals surface area contributed by atoms with E-state index in [-0.39, 0.29) is 11.9 Å². The summed E-state index contributed by atoms with van der Waals surface area (Å²) >= 11 is 1.49. The first kappa shape index (κ1) is 10.2. The van der Waals surface area contributed by atoms with Crippen LogP contribution in [0.3, 0.4) is 0 Å². The molecule has 0 aromatic carbocycles. The minimum Gasteiger partial charge on any atom is -0.350 e. The zero-order valence-electron chi connectivity index (χ0n) is 7.83. The summed E-state index contributed by atoms with van der Waals surface area (Å²) in [5, 5.41) is 2.76. The fourth-order valence-electron chi connectivity index (χ4n) is 0.897. The number of rotatable bonds is 3. The van der Waals surface area contributed by atoms with Gasteiger partial charge in [-0.1, -0.05) is 0 Å². The summed E-state index contributed by atoms with van der Waals surface area (Å²) in [6.45, 7) is 4.36. The molecule has 1 rings (SSSR count). The Labute approximate surface area is 81.9 Å². The molecule has 0 saturated carbocycles. The van der Waals surface area contributed by atoms with Gasteiger partial charge in [-0.2, -0.15) is 0 Å². The third-order valence-electron chi connectivity index (χ3n) is 1.55. The van der Waals surface area contributed by atoms with E-state index in [9.17, 15) is 4.79 Å². The lowest BCUT2D eigenvalue weighted by atomic mass is 10.3. The minimum atomic E-state index is -0.0320. The van der Waals surface area contributed by atoms with Gasteiger partial charge in [-0.3, -0.25) is 4.79 Å². The molecule has 0 aliphatic carbocycles. The van der Waals surface area contributed by atoms with E-state index < -0.39 is 0 Å². The molecule has 0 aliphatic rings. The number of hydrogen-bond acceptors (Lipinski definition) is 3. The summed E-state index contributed by atoms with van der Waals surface area (Å²) in [6, 6.07) is 3.77. The summed E-state index contributed by atoms with van der Waals surface area (Å²) in [4.78, 5) is 13.3. The van der Waals surface area contributed by atoms with Crippen LogP contribution in [0.1, 0.15) is 21.5 Å². The van der Waals surface area contributed by atoms with Crippen molar-refractivity contribution in [2.45, 2.75) is 19.9 Å². The van der Waals surface area contributed by atoms with E-state index in [2.05, 4.69) is 5.32 Å². The van der Waals surface area contributed by atoms with Crippen LogP contribution in [-0.2, 0) is 0 Å². The van der Waals surface area contributed by atoms with E-state index in [1.807, 2.05) is 26.0 Å². The van der Waals surface area contributed by atoms with Crippen LogP contribution in [0.2, 0.25) is 0 Å². The third kappa shape index (κ3) is 3.16. The van der Waals surface area contributed by atoms with Gasteiger partial charge in [-0.15, -0.1) is 11.3 Å². The molecule has 1 heterocycles. The van der Waals surface area contributed by atoms with Crippen molar-refractivity contribution in [3.8, 4) is 0 Å². The van der Waals surface area contributed by atoms with Gasteiger partial charge in [-0.25, -0.2) is 0 Å². The molecule has 0 fully saturated rings. The van der Waals surface area contributed by atoms with Gasteiger partial charge >= 0.3 is 0 Å². The summed E-state index contributed by atoms with van der Waals surface area (Å²) < 4.78 is 0. The number of carbonyl (C=O) groups is 1. The largest absolute Gasteiger partial charge is 0.350 e. The maximum absolute atomic E-state index is 11.4. The van der Waals surface area contributed by atoms with Gasteiger partial charge in [0, 0.05) is 17.5 Å². The molecule has 3 N–H and O–H groups in total. The average molecular weight is 198 g/mol.